The Bertz CT molecular complexity index is 342. The minimum atomic E-state index is -0.257. The summed E-state index contributed by atoms with van der Waals surface area (Å²) in [6.45, 7) is 5.39. The Morgan fingerprint density at radius 3 is 2.50 bits per heavy atom. The average Bonchev–Trinajstić information content (AvgIpc) is 2.15. The summed E-state index contributed by atoms with van der Waals surface area (Å²) in [4.78, 5) is 0. The lowest BCUT2D eigenvalue weighted by Crippen LogP contribution is -2.06. The van der Waals surface area contributed by atoms with Crippen molar-refractivity contribution in [2.75, 3.05) is 5.01 Å². The first-order chi connectivity index (χ1) is 6.63. The molecule has 14 heavy (non-hydrogen) atoms. The van der Waals surface area contributed by atoms with Crippen molar-refractivity contribution in [2.24, 2.45) is 5.10 Å². The zero-order valence-corrected chi connectivity index (χ0v) is 9.90. The van der Waals surface area contributed by atoms with E-state index < -0.39 is 0 Å². The first kappa shape index (κ1) is 11.2. The number of halogens is 2. The molecule has 2 nitrogen and oxygen atoms in total. The van der Waals surface area contributed by atoms with Crippen molar-refractivity contribution in [3.8, 4) is 0 Å². The van der Waals surface area contributed by atoms with Crippen LogP contribution in [0.5, 0.6) is 0 Å². The van der Waals surface area contributed by atoms with Gasteiger partial charge < -0.3 is 0 Å². The number of allylic oxidation sites excluding steroid dienone is 1. The van der Waals surface area contributed by atoms with Gasteiger partial charge in [0, 0.05) is 16.5 Å². The molecule has 0 aromatic heterocycles. The third kappa shape index (κ3) is 3.10. The predicted octanol–water partition coefficient (Wildman–Crippen LogP) is 3.54. The summed E-state index contributed by atoms with van der Waals surface area (Å²) in [5.74, 6) is -0.257. The van der Waals surface area contributed by atoms with Crippen molar-refractivity contribution < 1.29 is 4.39 Å². The van der Waals surface area contributed by atoms with Gasteiger partial charge in [-0.25, -0.2) is 9.40 Å². The molecule has 1 rings (SSSR count). The highest BCUT2D eigenvalue weighted by molar-refractivity contribution is 14.1. The van der Waals surface area contributed by atoms with Gasteiger partial charge in [-0.3, -0.25) is 0 Å². The zero-order valence-electron chi connectivity index (χ0n) is 7.74. The zero-order chi connectivity index (χ0) is 10.6. The third-order valence-electron chi connectivity index (χ3n) is 1.54. The molecule has 1 aromatic carbocycles. The maximum Gasteiger partial charge on any atom is 0.123 e. The van der Waals surface area contributed by atoms with E-state index in [0.29, 0.717) is 0 Å². The van der Waals surface area contributed by atoms with Crippen molar-refractivity contribution in [3.05, 3.63) is 39.9 Å². The largest absolute Gasteiger partial charge is 0.241 e. The molecule has 74 valence electrons. The lowest BCUT2D eigenvalue weighted by molar-refractivity contribution is 0.628. The van der Waals surface area contributed by atoms with E-state index in [2.05, 4.69) is 34.4 Å². The summed E-state index contributed by atoms with van der Waals surface area (Å²) in [6, 6.07) is 6.09. The molecule has 0 aliphatic heterocycles. The van der Waals surface area contributed by atoms with Gasteiger partial charge in [0.25, 0.3) is 0 Å². The minimum Gasteiger partial charge on any atom is -0.241 e. The first-order valence-corrected chi connectivity index (χ1v) is 5.06. The molecular weight excluding hydrogens is 294 g/mol. The second-order valence-corrected chi connectivity index (χ2v) is 4.38. The Hall–Kier alpha value is -0.910. The molecule has 0 bridgehead atoms. The second kappa shape index (κ2) is 5.09. The Morgan fingerprint density at radius 1 is 1.50 bits per heavy atom. The lowest BCUT2D eigenvalue weighted by atomic mass is 10.3. The molecule has 0 heterocycles. The normalized spacial score (nSPS) is 11.2. The van der Waals surface area contributed by atoms with E-state index in [4.69, 9.17) is 0 Å². The van der Waals surface area contributed by atoms with Crippen LogP contribution in [0.2, 0.25) is 0 Å². The molecule has 4 heteroatoms. The number of rotatable bonds is 3. The van der Waals surface area contributed by atoms with Crippen LogP contribution in [0.25, 0.3) is 0 Å². The molecule has 0 N–H and O–H groups in total. The van der Waals surface area contributed by atoms with Gasteiger partial charge in [-0.1, -0.05) is 0 Å². The molecule has 0 saturated heterocycles. The van der Waals surface area contributed by atoms with Gasteiger partial charge in [0.15, 0.2) is 0 Å². The number of nitrogens with zero attached hydrogens (tertiary/aromatic N) is 2. The number of hydrazone groups is 1. The van der Waals surface area contributed by atoms with E-state index in [9.17, 15) is 4.39 Å². The van der Waals surface area contributed by atoms with Gasteiger partial charge in [-0.2, -0.15) is 5.10 Å². The van der Waals surface area contributed by atoms with E-state index in [0.717, 1.165) is 9.27 Å². The van der Waals surface area contributed by atoms with Crippen molar-refractivity contribution in [3.63, 3.8) is 0 Å². The van der Waals surface area contributed by atoms with E-state index in [-0.39, 0.29) is 5.82 Å². The van der Waals surface area contributed by atoms with Gasteiger partial charge in [-0.05, 0) is 53.8 Å². The first-order valence-electron chi connectivity index (χ1n) is 3.99. The summed E-state index contributed by atoms with van der Waals surface area (Å²) in [5, 5.41) is 5.41. The van der Waals surface area contributed by atoms with Crippen LogP contribution in [0.4, 0.5) is 10.1 Å². The van der Waals surface area contributed by atoms with Crippen LogP contribution >= 0.6 is 22.6 Å². The minimum absolute atomic E-state index is 0.257. The number of hydrogen-bond acceptors (Lipinski definition) is 2. The number of benzene rings is 1. The smallest absolute Gasteiger partial charge is 0.123 e. The van der Waals surface area contributed by atoms with Gasteiger partial charge in [-0.15, -0.1) is 0 Å². The van der Waals surface area contributed by atoms with Gasteiger partial charge in [0.05, 0.1) is 5.69 Å². The van der Waals surface area contributed by atoms with Crippen LogP contribution < -0.4 is 5.01 Å². The van der Waals surface area contributed by atoms with Crippen LogP contribution in [0.3, 0.4) is 0 Å². The van der Waals surface area contributed by atoms with E-state index in [1.807, 2.05) is 13.1 Å². The fourth-order valence-electron chi connectivity index (χ4n) is 0.959. The molecule has 0 saturated carbocycles. The molecule has 0 atom stereocenters. The van der Waals surface area contributed by atoms with E-state index in [1.165, 1.54) is 12.1 Å². The van der Waals surface area contributed by atoms with Gasteiger partial charge in [0.1, 0.15) is 5.82 Å². The van der Waals surface area contributed by atoms with Gasteiger partial charge >= 0.3 is 0 Å². The Morgan fingerprint density at radius 2 is 2.07 bits per heavy atom. The standard InChI is InChI=1S/C10H10FIN2/c1-8(12)7-14(13-2)10-5-3-9(11)4-6-10/h3-7H,2H2,1H3/b8-7+. The van der Waals surface area contributed by atoms with Crippen molar-refractivity contribution in [1.29, 1.82) is 0 Å². The lowest BCUT2D eigenvalue weighted by Gasteiger charge is -2.13. The maximum absolute atomic E-state index is 12.6. The van der Waals surface area contributed by atoms with Crippen molar-refractivity contribution >= 4 is 35.0 Å². The topological polar surface area (TPSA) is 15.6 Å². The summed E-state index contributed by atoms with van der Waals surface area (Å²) < 4.78 is 13.7. The fraction of sp³-hybridized carbons (Fsp3) is 0.100. The monoisotopic (exact) mass is 304 g/mol. The molecule has 1 aromatic rings. The average molecular weight is 304 g/mol. The fourth-order valence-corrected chi connectivity index (χ4v) is 1.22. The molecule has 0 spiro atoms. The van der Waals surface area contributed by atoms with E-state index >= 15 is 0 Å². The number of anilines is 1. The summed E-state index contributed by atoms with van der Waals surface area (Å²) in [5.41, 5.74) is 0.789. The molecule has 0 amide bonds. The highest BCUT2D eigenvalue weighted by Gasteiger charge is 2.00. The molecule has 0 unspecified atom stereocenters. The van der Waals surface area contributed by atoms with Gasteiger partial charge in [0.2, 0.25) is 0 Å². The summed E-state index contributed by atoms with van der Waals surface area (Å²) >= 11 is 2.17. The highest BCUT2D eigenvalue weighted by atomic mass is 127. The summed E-state index contributed by atoms with van der Waals surface area (Å²) in [7, 11) is 0. The molecule has 0 aliphatic carbocycles. The quantitative estimate of drug-likeness (QED) is 0.474. The highest BCUT2D eigenvalue weighted by Crippen LogP contribution is 2.17. The molecule has 0 fully saturated rings. The van der Waals surface area contributed by atoms with Crippen LogP contribution in [-0.4, -0.2) is 6.72 Å². The van der Waals surface area contributed by atoms with Crippen LogP contribution in [0.15, 0.2) is 39.1 Å². The number of hydrogen-bond donors (Lipinski definition) is 0. The molecule has 0 aliphatic rings. The predicted molar refractivity (Wildman–Crippen MR) is 66.2 cm³/mol. The van der Waals surface area contributed by atoms with Crippen molar-refractivity contribution in [1.82, 2.24) is 0 Å². The van der Waals surface area contributed by atoms with Crippen LogP contribution in [0, 0.1) is 5.82 Å². The SMILES string of the molecule is C=NN(/C=C(\C)I)c1ccc(F)cc1. The Kier molecular flexibility index (Phi) is 4.06. The second-order valence-electron chi connectivity index (χ2n) is 2.68. The maximum atomic E-state index is 12.6. The van der Waals surface area contributed by atoms with Crippen LogP contribution in [-0.2, 0) is 0 Å². The third-order valence-corrected chi connectivity index (χ3v) is 1.82. The Balaban J connectivity index is 2.95. The summed E-state index contributed by atoms with van der Waals surface area (Å²) in [6.07, 6.45) is 1.82. The Labute approximate surface area is 96.3 Å². The molecular formula is C10H10FIN2. The van der Waals surface area contributed by atoms with Crippen LogP contribution in [0.1, 0.15) is 6.92 Å². The van der Waals surface area contributed by atoms with E-state index in [1.54, 1.807) is 17.1 Å². The molecule has 0 radical (unpaired) electrons. The van der Waals surface area contributed by atoms with Crippen molar-refractivity contribution in [2.45, 2.75) is 6.92 Å².